The molecule has 0 saturated heterocycles. The van der Waals surface area contributed by atoms with E-state index in [0.717, 1.165) is 16.5 Å². The zero-order valence-electron chi connectivity index (χ0n) is 11.1. The van der Waals surface area contributed by atoms with Crippen molar-refractivity contribution in [1.82, 2.24) is 9.97 Å². The minimum Gasteiger partial charge on any atom is -0.445 e. The largest absolute Gasteiger partial charge is 0.445 e. The Kier molecular flexibility index (Phi) is 4.17. The highest BCUT2D eigenvalue weighted by molar-refractivity contribution is 6.35. The Morgan fingerprint density at radius 3 is 2.42 bits per heavy atom. The van der Waals surface area contributed by atoms with Gasteiger partial charge in [-0.2, -0.15) is 4.98 Å². The number of hydrogen-bond acceptors (Lipinski definition) is 3. The number of aryl methyl sites for hydroxylation is 1. The van der Waals surface area contributed by atoms with Crippen LogP contribution in [-0.2, 0) is 0 Å². The number of aromatic nitrogens is 2. The molecule has 0 aliphatic carbocycles. The van der Waals surface area contributed by atoms with Crippen LogP contribution in [0.25, 0.3) is 22.2 Å². The van der Waals surface area contributed by atoms with Crippen molar-refractivity contribution in [3.63, 3.8) is 0 Å². The van der Waals surface area contributed by atoms with Crippen molar-refractivity contribution < 1.29 is 4.42 Å². The lowest BCUT2D eigenvalue weighted by molar-refractivity contribution is 0.602. The van der Waals surface area contributed by atoms with Crippen LogP contribution >= 0.6 is 11.6 Å². The van der Waals surface area contributed by atoms with Crippen LogP contribution in [0.5, 0.6) is 0 Å². The molecule has 0 bridgehead atoms. The van der Waals surface area contributed by atoms with Gasteiger partial charge in [0.25, 0.3) is 0 Å². The molecular weight excluding hydrogens is 260 g/mol. The topological polar surface area (TPSA) is 38.9 Å². The summed E-state index contributed by atoms with van der Waals surface area (Å²) in [5.41, 5.74) is 2.49. The second kappa shape index (κ2) is 5.85. The summed E-state index contributed by atoms with van der Waals surface area (Å²) in [5.74, 6) is 0.608. The smallest absolute Gasteiger partial charge is 0.231 e. The molecule has 0 saturated carbocycles. The average molecular weight is 275 g/mol. The lowest BCUT2D eigenvalue weighted by Crippen LogP contribution is -1.88. The Morgan fingerprint density at radius 2 is 1.74 bits per heavy atom. The molecule has 0 unspecified atom stereocenters. The fraction of sp³-hybridized carbons (Fsp3) is 0.200. The second-order valence-electron chi connectivity index (χ2n) is 3.76. The van der Waals surface area contributed by atoms with Gasteiger partial charge in [-0.05, 0) is 12.5 Å². The Hall–Kier alpha value is -1.87. The van der Waals surface area contributed by atoms with Crippen LogP contribution in [0.4, 0.5) is 0 Å². The third-order valence-electron chi connectivity index (χ3n) is 2.59. The summed E-state index contributed by atoms with van der Waals surface area (Å²) in [6.45, 7) is 5.79. The first kappa shape index (κ1) is 13.6. The zero-order chi connectivity index (χ0) is 13.8. The first-order valence-corrected chi connectivity index (χ1v) is 6.60. The van der Waals surface area contributed by atoms with Crippen molar-refractivity contribution in [3.05, 3.63) is 47.6 Å². The molecule has 0 atom stereocenters. The van der Waals surface area contributed by atoms with E-state index < -0.39 is 0 Å². The van der Waals surface area contributed by atoms with Gasteiger partial charge in [-0.3, -0.25) is 0 Å². The minimum atomic E-state index is 0.431. The number of benzene rings is 1. The summed E-state index contributed by atoms with van der Waals surface area (Å²) in [6, 6.07) is 9.91. The molecule has 3 aromatic rings. The van der Waals surface area contributed by atoms with Crippen LogP contribution in [0.2, 0.25) is 5.15 Å². The molecule has 2 aromatic heterocycles. The molecule has 98 valence electrons. The molecule has 1 aromatic carbocycles. The summed E-state index contributed by atoms with van der Waals surface area (Å²) in [5, 5.41) is 1.20. The van der Waals surface area contributed by atoms with Gasteiger partial charge in [0, 0.05) is 5.56 Å². The maximum Gasteiger partial charge on any atom is 0.231 e. The normalized spacial score (nSPS) is 10.1. The predicted octanol–water partition coefficient (Wildman–Crippen LogP) is 4.88. The van der Waals surface area contributed by atoms with Crippen molar-refractivity contribution in [3.8, 4) is 11.1 Å². The van der Waals surface area contributed by atoms with Crippen molar-refractivity contribution in [2.75, 3.05) is 0 Å². The molecule has 0 aliphatic rings. The van der Waals surface area contributed by atoms with Gasteiger partial charge >= 0.3 is 0 Å². The van der Waals surface area contributed by atoms with Crippen molar-refractivity contribution in [1.29, 1.82) is 0 Å². The fourth-order valence-corrected chi connectivity index (χ4v) is 2.13. The molecule has 2 heterocycles. The van der Waals surface area contributed by atoms with E-state index in [4.69, 9.17) is 16.0 Å². The quantitative estimate of drug-likeness (QED) is 0.594. The summed E-state index contributed by atoms with van der Waals surface area (Å²) in [4.78, 5) is 8.37. The third-order valence-corrected chi connectivity index (χ3v) is 2.86. The summed E-state index contributed by atoms with van der Waals surface area (Å²) in [6.07, 6.45) is 1.67. The van der Waals surface area contributed by atoms with Gasteiger partial charge in [-0.1, -0.05) is 55.8 Å². The van der Waals surface area contributed by atoms with E-state index in [1.807, 2.05) is 44.2 Å². The minimum absolute atomic E-state index is 0.431. The van der Waals surface area contributed by atoms with E-state index in [2.05, 4.69) is 9.97 Å². The standard InChI is InChI=1S/C13H9ClN2O.C2H6/c1-8-15-12(14)11-10(7-17-13(11)16-8)9-5-3-2-4-6-9;1-2/h2-7H,1H3;1-2H3. The van der Waals surface area contributed by atoms with Crippen LogP contribution in [-0.4, -0.2) is 9.97 Å². The lowest BCUT2D eigenvalue weighted by Gasteiger charge is -1.99. The number of nitrogens with zero attached hydrogens (tertiary/aromatic N) is 2. The van der Waals surface area contributed by atoms with Crippen LogP contribution in [0.15, 0.2) is 41.0 Å². The van der Waals surface area contributed by atoms with Crippen LogP contribution < -0.4 is 0 Å². The van der Waals surface area contributed by atoms with Crippen LogP contribution in [0, 0.1) is 6.92 Å². The van der Waals surface area contributed by atoms with E-state index in [0.29, 0.717) is 16.7 Å². The van der Waals surface area contributed by atoms with Crippen LogP contribution in [0.3, 0.4) is 0 Å². The number of halogens is 1. The highest BCUT2D eigenvalue weighted by atomic mass is 35.5. The fourth-order valence-electron chi connectivity index (χ4n) is 1.83. The summed E-state index contributed by atoms with van der Waals surface area (Å²) >= 11 is 6.15. The van der Waals surface area contributed by atoms with Gasteiger partial charge in [0.05, 0.1) is 5.39 Å². The lowest BCUT2D eigenvalue weighted by atomic mass is 10.1. The molecule has 0 spiro atoms. The Bertz CT molecular complexity index is 677. The molecule has 4 heteroatoms. The second-order valence-corrected chi connectivity index (χ2v) is 4.12. The summed E-state index contributed by atoms with van der Waals surface area (Å²) < 4.78 is 5.43. The maximum atomic E-state index is 6.15. The highest BCUT2D eigenvalue weighted by Gasteiger charge is 2.14. The van der Waals surface area contributed by atoms with Crippen molar-refractivity contribution in [2.24, 2.45) is 0 Å². The van der Waals surface area contributed by atoms with Crippen LogP contribution in [0.1, 0.15) is 19.7 Å². The molecule has 19 heavy (non-hydrogen) atoms. The zero-order valence-corrected chi connectivity index (χ0v) is 11.9. The number of rotatable bonds is 1. The van der Waals surface area contributed by atoms with E-state index in [9.17, 15) is 0 Å². The van der Waals surface area contributed by atoms with E-state index >= 15 is 0 Å². The van der Waals surface area contributed by atoms with Crippen molar-refractivity contribution in [2.45, 2.75) is 20.8 Å². The van der Waals surface area contributed by atoms with Gasteiger partial charge in [-0.15, -0.1) is 0 Å². The maximum absolute atomic E-state index is 6.15. The van der Waals surface area contributed by atoms with Gasteiger partial charge in [0.15, 0.2) is 0 Å². The molecule has 0 radical (unpaired) electrons. The molecule has 3 nitrogen and oxygen atoms in total. The van der Waals surface area contributed by atoms with Gasteiger partial charge in [0.2, 0.25) is 5.71 Å². The van der Waals surface area contributed by atoms with Gasteiger partial charge < -0.3 is 4.42 Å². The summed E-state index contributed by atoms with van der Waals surface area (Å²) in [7, 11) is 0. The predicted molar refractivity (Wildman–Crippen MR) is 78.3 cm³/mol. The average Bonchev–Trinajstić information content (AvgIpc) is 2.86. The van der Waals surface area contributed by atoms with Gasteiger partial charge in [0.1, 0.15) is 17.2 Å². The molecule has 0 fully saturated rings. The number of hydrogen-bond donors (Lipinski definition) is 0. The van der Waals surface area contributed by atoms with E-state index in [1.54, 1.807) is 13.2 Å². The highest BCUT2D eigenvalue weighted by Crippen LogP contribution is 2.33. The van der Waals surface area contributed by atoms with E-state index in [1.165, 1.54) is 0 Å². The monoisotopic (exact) mass is 274 g/mol. The SMILES string of the molecule is CC.Cc1nc(Cl)c2c(-c3ccccc3)coc2n1. The Morgan fingerprint density at radius 1 is 1.05 bits per heavy atom. The van der Waals surface area contributed by atoms with Crippen molar-refractivity contribution >= 4 is 22.7 Å². The Labute approximate surface area is 117 Å². The Balaban J connectivity index is 0.000000637. The molecule has 3 rings (SSSR count). The number of fused-ring (bicyclic) bond motifs is 1. The third kappa shape index (κ3) is 2.61. The molecule has 0 aliphatic heterocycles. The number of furan rings is 1. The first-order valence-electron chi connectivity index (χ1n) is 6.22. The van der Waals surface area contributed by atoms with E-state index in [-0.39, 0.29) is 0 Å². The molecule has 0 N–H and O–H groups in total. The molecule has 0 amide bonds. The van der Waals surface area contributed by atoms with Gasteiger partial charge in [-0.25, -0.2) is 4.98 Å². The first-order chi connectivity index (χ1) is 9.25. The molecular formula is C15H15ClN2O.